The zero-order chi connectivity index (χ0) is 19.8. The monoisotopic (exact) mass is 486 g/mol. The third-order valence-electron chi connectivity index (χ3n) is 5.56. The lowest BCUT2D eigenvalue weighted by atomic mass is 9.89. The average Bonchev–Trinajstić information content (AvgIpc) is 3.10. The summed E-state index contributed by atoms with van der Waals surface area (Å²) in [7, 11) is 0. The molecule has 6 nitrogen and oxygen atoms in total. The summed E-state index contributed by atoms with van der Waals surface area (Å²) in [6, 6.07) is 1.30. The standard InChI is InChI=1S/C17H26N6.C2H6.CH3I/c1-12-10-23(17-15(12)16(18)20-11-21-17)14-4-2-13(3-5-14)22-8-6-19-7-9-22;2*1-2/h10-11,13-14,19H,2-9H2,1H3,(H2,18,20,21);1-2H3;1H3. The molecule has 0 aromatic carbocycles. The molecule has 1 aliphatic heterocycles. The largest absolute Gasteiger partial charge is 0.383 e. The van der Waals surface area contributed by atoms with Gasteiger partial charge in [-0.1, -0.05) is 36.4 Å². The number of nitrogen functional groups attached to an aromatic ring is 1. The molecule has 1 aliphatic carbocycles. The SMILES string of the molecule is CC.CI.Cc1cn(C2CCC(N3CCNCC3)CC2)c2ncnc(N)c12. The van der Waals surface area contributed by atoms with Crippen molar-refractivity contribution >= 4 is 39.4 Å². The summed E-state index contributed by atoms with van der Waals surface area (Å²) in [4.78, 5) is 13.3. The highest BCUT2D eigenvalue weighted by atomic mass is 127. The number of nitrogens with zero attached hydrogens (tertiary/aromatic N) is 4. The number of nitrogens with one attached hydrogen (secondary N) is 1. The Kier molecular flexibility index (Phi) is 9.25. The lowest BCUT2D eigenvalue weighted by molar-refractivity contribution is 0.124. The Bertz CT molecular complexity index is 687. The van der Waals surface area contributed by atoms with Crippen LogP contribution >= 0.6 is 22.6 Å². The zero-order valence-electron chi connectivity index (χ0n) is 17.2. The molecule has 0 amide bonds. The predicted octanol–water partition coefficient (Wildman–Crippen LogP) is 3.79. The molecule has 2 aromatic rings. The molecule has 0 atom stereocenters. The summed E-state index contributed by atoms with van der Waals surface area (Å²) < 4.78 is 2.34. The fourth-order valence-electron chi connectivity index (χ4n) is 4.33. The van der Waals surface area contributed by atoms with Crippen LogP contribution in [-0.4, -0.2) is 56.6 Å². The fraction of sp³-hybridized carbons (Fsp3) is 0.700. The van der Waals surface area contributed by atoms with Gasteiger partial charge in [-0.3, -0.25) is 4.90 Å². The Morgan fingerprint density at radius 2 is 1.63 bits per heavy atom. The van der Waals surface area contributed by atoms with Crippen LogP contribution in [0.3, 0.4) is 0 Å². The van der Waals surface area contributed by atoms with Crippen LogP contribution in [0, 0.1) is 6.92 Å². The van der Waals surface area contributed by atoms with Gasteiger partial charge in [0.25, 0.3) is 0 Å². The molecule has 2 aliphatic rings. The predicted molar refractivity (Wildman–Crippen MR) is 124 cm³/mol. The normalized spacial score (nSPS) is 23.1. The van der Waals surface area contributed by atoms with Crippen LogP contribution in [0.4, 0.5) is 5.82 Å². The second kappa shape index (κ2) is 11.2. The second-order valence-electron chi connectivity index (χ2n) is 6.93. The Morgan fingerprint density at radius 1 is 1.04 bits per heavy atom. The highest BCUT2D eigenvalue weighted by Crippen LogP contribution is 2.35. The van der Waals surface area contributed by atoms with Crippen molar-refractivity contribution in [3.8, 4) is 0 Å². The van der Waals surface area contributed by atoms with Crippen LogP contribution in [0.15, 0.2) is 12.5 Å². The lowest BCUT2D eigenvalue weighted by Crippen LogP contribution is -2.49. The molecule has 1 saturated heterocycles. The van der Waals surface area contributed by atoms with E-state index in [-0.39, 0.29) is 0 Å². The molecule has 152 valence electrons. The molecule has 0 spiro atoms. The number of anilines is 1. The minimum atomic E-state index is 0.541. The first kappa shape index (κ1) is 22.4. The number of rotatable bonds is 2. The van der Waals surface area contributed by atoms with Gasteiger partial charge in [0.15, 0.2) is 0 Å². The molecule has 0 radical (unpaired) electrons. The van der Waals surface area contributed by atoms with Crippen LogP contribution < -0.4 is 11.1 Å². The van der Waals surface area contributed by atoms with Gasteiger partial charge in [-0.15, -0.1) is 0 Å². The molecule has 27 heavy (non-hydrogen) atoms. The van der Waals surface area contributed by atoms with E-state index in [2.05, 4.69) is 60.5 Å². The molecule has 3 N–H and O–H groups in total. The molecular weight excluding hydrogens is 451 g/mol. The number of halogens is 1. The Morgan fingerprint density at radius 3 is 2.26 bits per heavy atom. The first-order chi connectivity index (χ1) is 13.2. The van der Waals surface area contributed by atoms with Crippen LogP contribution in [0.1, 0.15) is 51.1 Å². The van der Waals surface area contributed by atoms with Crippen molar-refractivity contribution in [1.82, 2.24) is 24.8 Å². The van der Waals surface area contributed by atoms with Gasteiger partial charge >= 0.3 is 0 Å². The van der Waals surface area contributed by atoms with Crippen molar-refractivity contribution in [3.05, 3.63) is 18.1 Å². The van der Waals surface area contributed by atoms with Crippen molar-refractivity contribution in [2.24, 2.45) is 0 Å². The van der Waals surface area contributed by atoms with Crippen molar-refractivity contribution in [1.29, 1.82) is 0 Å². The van der Waals surface area contributed by atoms with Gasteiger partial charge in [-0.2, -0.15) is 0 Å². The maximum absolute atomic E-state index is 6.04. The van der Waals surface area contributed by atoms with Crippen molar-refractivity contribution in [2.45, 2.75) is 58.5 Å². The summed E-state index contributed by atoms with van der Waals surface area (Å²) in [6.45, 7) is 10.8. The van der Waals surface area contributed by atoms with E-state index in [9.17, 15) is 0 Å². The van der Waals surface area contributed by atoms with Crippen LogP contribution in [0.2, 0.25) is 0 Å². The van der Waals surface area contributed by atoms with Gasteiger partial charge in [0.1, 0.15) is 17.8 Å². The van der Waals surface area contributed by atoms with E-state index in [1.165, 1.54) is 44.3 Å². The summed E-state index contributed by atoms with van der Waals surface area (Å²) in [5, 5.41) is 4.47. The van der Waals surface area contributed by atoms with Crippen molar-refractivity contribution in [3.63, 3.8) is 0 Å². The molecule has 0 bridgehead atoms. The van der Waals surface area contributed by atoms with E-state index in [0.717, 1.165) is 30.2 Å². The number of alkyl halides is 1. The van der Waals surface area contributed by atoms with Gasteiger partial charge in [0.05, 0.1) is 5.39 Å². The van der Waals surface area contributed by atoms with E-state index in [1.54, 1.807) is 6.33 Å². The molecule has 4 rings (SSSR count). The van der Waals surface area contributed by atoms with E-state index >= 15 is 0 Å². The first-order valence-corrected chi connectivity index (χ1v) is 12.3. The highest BCUT2D eigenvalue weighted by Gasteiger charge is 2.28. The number of piperazine rings is 1. The summed E-state index contributed by atoms with van der Waals surface area (Å²) in [6.07, 6.45) is 8.81. The van der Waals surface area contributed by atoms with Crippen LogP contribution in [0.5, 0.6) is 0 Å². The van der Waals surface area contributed by atoms with Crippen LogP contribution in [0.25, 0.3) is 11.0 Å². The molecule has 2 aromatic heterocycles. The van der Waals surface area contributed by atoms with Gasteiger partial charge in [-0.05, 0) is 43.1 Å². The van der Waals surface area contributed by atoms with E-state index < -0.39 is 0 Å². The number of aryl methyl sites for hydroxylation is 1. The third kappa shape index (κ3) is 5.12. The van der Waals surface area contributed by atoms with Crippen LogP contribution in [-0.2, 0) is 0 Å². The molecular formula is C20H35IN6. The molecule has 2 fully saturated rings. The number of fused-ring (bicyclic) bond motifs is 1. The van der Waals surface area contributed by atoms with Gasteiger partial charge in [0.2, 0.25) is 0 Å². The first-order valence-electron chi connectivity index (χ1n) is 10.1. The second-order valence-corrected chi connectivity index (χ2v) is 6.93. The van der Waals surface area contributed by atoms with Crippen molar-refractivity contribution in [2.75, 3.05) is 36.8 Å². The van der Waals surface area contributed by atoms with Crippen molar-refractivity contribution < 1.29 is 0 Å². The maximum atomic E-state index is 6.04. The zero-order valence-corrected chi connectivity index (χ0v) is 19.4. The third-order valence-corrected chi connectivity index (χ3v) is 5.56. The number of nitrogens with two attached hydrogens (primary N) is 1. The van der Waals surface area contributed by atoms with Gasteiger partial charge < -0.3 is 15.6 Å². The van der Waals surface area contributed by atoms with Gasteiger partial charge in [0, 0.05) is 44.5 Å². The number of hydrogen-bond donors (Lipinski definition) is 2. The fourth-order valence-corrected chi connectivity index (χ4v) is 4.33. The molecule has 7 heteroatoms. The number of hydrogen-bond acceptors (Lipinski definition) is 5. The number of aromatic nitrogens is 3. The Balaban J connectivity index is 0.000000614. The van der Waals surface area contributed by atoms with Gasteiger partial charge in [-0.25, -0.2) is 9.97 Å². The summed E-state index contributed by atoms with van der Waals surface area (Å²) in [5.74, 6) is 0.598. The Hall–Kier alpha value is -0.930. The minimum absolute atomic E-state index is 0.541. The topological polar surface area (TPSA) is 72.0 Å². The highest BCUT2D eigenvalue weighted by molar-refractivity contribution is 14.1. The quantitative estimate of drug-likeness (QED) is 0.500. The minimum Gasteiger partial charge on any atom is -0.383 e. The summed E-state index contributed by atoms with van der Waals surface area (Å²) in [5.41, 5.74) is 8.23. The summed E-state index contributed by atoms with van der Waals surface area (Å²) >= 11 is 2.15. The van der Waals surface area contributed by atoms with E-state index in [0.29, 0.717) is 11.9 Å². The van der Waals surface area contributed by atoms with E-state index in [4.69, 9.17) is 5.73 Å². The lowest BCUT2D eigenvalue weighted by Gasteiger charge is -2.39. The molecule has 0 unspecified atom stereocenters. The smallest absolute Gasteiger partial charge is 0.145 e. The maximum Gasteiger partial charge on any atom is 0.145 e. The molecule has 1 saturated carbocycles. The molecule has 3 heterocycles. The average molecular weight is 486 g/mol. The van der Waals surface area contributed by atoms with E-state index in [1.807, 2.05) is 18.8 Å². The Labute approximate surface area is 177 Å².